The predicted molar refractivity (Wildman–Crippen MR) is 496 cm³/mol. The quantitative estimate of drug-likeness (QED) is 0.109. The van der Waals surface area contributed by atoms with Crippen LogP contribution in [0.4, 0.5) is 34.1 Å². The highest BCUT2D eigenvalue weighted by molar-refractivity contribution is 6.12. The van der Waals surface area contributed by atoms with E-state index in [4.69, 9.17) is 8.83 Å². The van der Waals surface area contributed by atoms with Gasteiger partial charge >= 0.3 is 0 Å². The molecule has 0 saturated carbocycles. The molecular formula is C112H74N4O2. The minimum atomic E-state index is 0.903. The summed E-state index contributed by atoms with van der Waals surface area (Å²) in [4.78, 5) is 4.72. The molecule has 0 unspecified atom stereocenters. The number of rotatable bonds is 14. The smallest absolute Gasteiger partial charge is 0.135 e. The summed E-state index contributed by atoms with van der Waals surface area (Å²) in [7, 11) is 0. The number of para-hydroxylation sites is 6. The molecule has 4 aromatic heterocycles. The van der Waals surface area contributed by atoms with E-state index >= 15 is 0 Å². The normalized spacial score (nSPS) is 11.6. The first-order valence-corrected chi connectivity index (χ1v) is 40.2. The van der Waals surface area contributed by atoms with Crippen molar-refractivity contribution in [2.45, 2.75) is 0 Å². The number of hydrogen-bond acceptors (Lipinski definition) is 4. The maximum atomic E-state index is 6.14. The molecule has 0 amide bonds. The van der Waals surface area contributed by atoms with Gasteiger partial charge in [0, 0.05) is 88.6 Å². The van der Waals surface area contributed by atoms with E-state index in [1.807, 2.05) is 24.3 Å². The second kappa shape index (κ2) is 29.3. The first kappa shape index (κ1) is 69.0. The zero-order valence-corrected chi connectivity index (χ0v) is 64.3. The fraction of sp³-hybridized carbons (Fsp3) is 0. The van der Waals surface area contributed by atoms with Gasteiger partial charge in [0.25, 0.3) is 0 Å². The number of hydrogen-bond donors (Lipinski definition) is 0. The Morgan fingerprint density at radius 2 is 0.441 bits per heavy atom. The van der Waals surface area contributed by atoms with Crippen molar-refractivity contribution < 1.29 is 8.83 Å². The van der Waals surface area contributed by atoms with Crippen LogP contribution in [0.2, 0.25) is 0 Å². The number of fused-ring (bicyclic) bond motifs is 13. The number of furan rings is 2. The van der Waals surface area contributed by atoms with Crippen LogP contribution in [0.3, 0.4) is 0 Å². The molecule has 0 bridgehead atoms. The van der Waals surface area contributed by atoms with Crippen LogP contribution in [0.25, 0.3) is 176 Å². The van der Waals surface area contributed by atoms with E-state index < -0.39 is 0 Å². The molecule has 0 atom stereocenters. The number of aromatic nitrogens is 2. The maximum Gasteiger partial charge on any atom is 0.135 e. The van der Waals surface area contributed by atoms with Gasteiger partial charge in [0.1, 0.15) is 22.3 Å². The SMILES string of the molecule is c1cc(N(c2ccc(-c3ccc(-c4cccc5ccccc45)cc3)cc2)c2ccc(-c3ccc4oc5ccccc5c4c3)cc2)cc(-n2c3ccccc3c3ccccc32)c1.c1ccc(-c2ccc(-c3ccc(N(c4ccc(-c5ccc6oc7ccccc7c6c5)cc4)c4cccc(-n5c6ccccc6c6ccccc65)c4)cc3)cc2)cc1. The highest BCUT2D eigenvalue weighted by Crippen LogP contribution is 2.45. The zero-order chi connectivity index (χ0) is 78.0. The average Bonchev–Trinajstić information content (AvgIpc) is 1.59. The minimum absolute atomic E-state index is 0.903. The Hall–Kier alpha value is -15.8. The molecule has 0 radical (unpaired) electrons. The summed E-state index contributed by atoms with van der Waals surface area (Å²) < 4.78 is 17.0. The molecule has 23 aromatic rings. The summed E-state index contributed by atoms with van der Waals surface area (Å²) in [6, 6.07) is 161. The van der Waals surface area contributed by atoms with Crippen molar-refractivity contribution in [1.82, 2.24) is 9.13 Å². The molecule has 0 aliphatic carbocycles. The fourth-order valence-corrected chi connectivity index (χ4v) is 17.7. The Morgan fingerprint density at radius 1 is 0.161 bits per heavy atom. The Bertz CT molecular complexity index is 7590. The van der Waals surface area contributed by atoms with E-state index in [-0.39, 0.29) is 0 Å². The lowest BCUT2D eigenvalue weighted by atomic mass is 9.96. The average molecular weight is 1510 g/mol. The molecule has 0 saturated heterocycles. The van der Waals surface area contributed by atoms with Crippen molar-refractivity contribution in [2.24, 2.45) is 0 Å². The number of anilines is 6. The first-order chi connectivity index (χ1) is 58.5. The van der Waals surface area contributed by atoms with Crippen molar-refractivity contribution in [3.8, 4) is 78.1 Å². The molecule has 23 rings (SSSR count). The Morgan fingerprint density at radius 3 is 0.839 bits per heavy atom. The summed E-state index contributed by atoms with van der Waals surface area (Å²) in [5, 5.41) is 12.0. The highest BCUT2D eigenvalue weighted by atomic mass is 16.3. The van der Waals surface area contributed by atoms with E-state index in [0.717, 1.165) is 112 Å². The van der Waals surface area contributed by atoms with Gasteiger partial charge in [-0.2, -0.15) is 0 Å². The molecule has 0 aliphatic heterocycles. The maximum absolute atomic E-state index is 6.14. The van der Waals surface area contributed by atoms with Crippen molar-refractivity contribution in [3.63, 3.8) is 0 Å². The Labute approximate surface area is 682 Å². The van der Waals surface area contributed by atoms with Crippen LogP contribution in [0, 0.1) is 0 Å². The van der Waals surface area contributed by atoms with Gasteiger partial charge in [-0.25, -0.2) is 0 Å². The number of nitrogens with zero attached hydrogens (tertiary/aromatic N) is 4. The zero-order valence-electron chi connectivity index (χ0n) is 64.3. The van der Waals surface area contributed by atoms with Crippen molar-refractivity contribution in [1.29, 1.82) is 0 Å². The van der Waals surface area contributed by atoms with Crippen LogP contribution in [-0.4, -0.2) is 9.13 Å². The molecule has 0 N–H and O–H groups in total. The third-order valence-electron chi connectivity index (χ3n) is 23.4. The molecule has 6 nitrogen and oxygen atoms in total. The predicted octanol–water partition coefficient (Wildman–Crippen LogP) is 31.5. The van der Waals surface area contributed by atoms with Crippen LogP contribution in [0.5, 0.6) is 0 Å². The first-order valence-electron chi connectivity index (χ1n) is 40.2. The molecule has 0 aliphatic rings. The molecule has 0 fully saturated rings. The number of benzene rings is 19. The fourth-order valence-electron chi connectivity index (χ4n) is 17.7. The van der Waals surface area contributed by atoms with Crippen molar-refractivity contribution in [3.05, 3.63) is 449 Å². The molecule has 19 aromatic carbocycles. The van der Waals surface area contributed by atoms with E-state index in [9.17, 15) is 0 Å². The molecule has 6 heteroatoms. The Kier molecular flexibility index (Phi) is 17.1. The van der Waals surface area contributed by atoms with Crippen LogP contribution >= 0.6 is 0 Å². The third-order valence-corrected chi connectivity index (χ3v) is 23.4. The van der Waals surface area contributed by atoms with Gasteiger partial charge < -0.3 is 27.8 Å². The van der Waals surface area contributed by atoms with Gasteiger partial charge in [-0.1, -0.05) is 303 Å². The van der Waals surface area contributed by atoms with E-state index in [2.05, 4.69) is 444 Å². The van der Waals surface area contributed by atoms with E-state index in [1.165, 1.54) is 98.9 Å². The van der Waals surface area contributed by atoms with Crippen LogP contribution in [0.15, 0.2) is 458 Å². The largest absolute Gasteiger partial charge is 0.456 e. The summed E-state index contributed by atoms with van der Waals surface area (Å²) >= 11 is 0. The molecule has 554 valence electrons. The standard InChI is InChI=1S/C58H38N2O.C54H36N2O/c1-2-15-49-42(11-1)12-9-19-50(49)43-25-23-39(24-26-43)40-27-32-45(33-28-40)59(46-34-29-41(30-35-46)44-31-36-58-54(37-44)53-18-5-8-22-57(53)61-58)47-13-10-14-48(38-47)60-55-20-6-3-16-51(55)52-17-4-7-21-56(52)60;1-2-11-37(12-3-1)38-21-23-39(24-22-38)40-25-30-43(31-26-40)55(44-32-27-41(28-33-44)42-29-34-54-50(35-42)49-17-6-9-20-53(49)57-54)45-13-10-14-46(36-45)56-51-18-7-4-15-47(51)48-16-5-8-19-52(48)56/h1-38H;1-36H. The third kappa shape index (κ3) is 12.5. The monoisotopic (exact) mass is 1510 g/mol. The molecular weight excluding hydrogens is 1430 g/mol. The summed E-state index contributed by atoms with van der Waals surface area (Å²) in [5.41, 5.74) is 31.3. The summed E-state index contributed by atoms with van der Waals surface area (Å²) in [5.74, 6) is 0. The lowest BCUT2D eigenvalue weighted by molar-refractivity contribution is 0.668. The van der Waals surface area contributed by atoms with Crippen LogP contribution in [-0.2, 0) is 0 Å². The second-order valence-corrected chi connectivity index (χ2v) is 30.3. The molecule has 0 spiro atoms. The van der Waals surface area contributed by atoms with Gasteiger partial charge in [-0.15, -0.1) is 0 Å². The topological polar surface area (TPSA) is 42.6 Å². The summed E-state index contributed by atoms with van der Waals surface area (Å²) in [6.07, 6.45) is 0. The minimum Gasteiger partial charge on any atom is -0.456 e. The highest BCUT2D eigenvalue weighted by Gasteiger charge is 2.22. The van der Waals surface area contributed by atoms with Crippen LogP contribution < -0.4 is 9.80 Å². The van der Waals surface area contributed by atoms with Gasteiger partial charge in [0.2, 0.25) is 0 Å². The van der Waals surface area contributed by atoms with E-state index in [0.29, 0.717) is 0 Å². The molecule has 118 heavy (non-hydrogen) atoms. The lowest BCUT2D eigenvalue weighted by Crippen LogP contribution is -2.10. The second-order valence-electron chi connectivity index (χ2n) is 30.3. The van der Waals surface area contributed by atoms with E-state index in [1.54, 1.807) is 0 Å². The van der Waals surface area contributed by atoms with Gasteiger partial charge in [0.15, 0.2) is 0 Å². The lowest BCUT2D eigenvalue weighted by Gasteiger charge is -2.26. The summed E-state index contributed by atoms with van der Waals surface area (Å²) in [6.45, 7) is 0. The van der Waals surface area contributed by atoms with Gasteiger partial charge in [-0.05, 0) is 223 Å². The van der Waals surface area contributed by atoms with Gasteiger partial charge in [-0.3, -0.25) is 0 Å². The van der Waals surface area contributed by atoms with Gasteiger partial charge in [0.05, 0.1) is 22.1 Å². The van der Waals surface area contributed by atoms with Crippen molar-refractivity contribution in [2.75, 3.05) is 9.80 Å². The van der Waals surface area contributed by atoms with Crippen LogP contribution in [0.1, 0.15) is 0 Å². The molecule has 4 heterocycles. The van der Waals surface area contributed by atoms with Crippen molar-refractivity contribution >= 4 is 132 Å². The Balaban J connectivity index is 0.000000143.